The van der Waals surface area contributed by atoms with Gasteiger partial charge in [0.1, 0.15) is 5.76 Å². The molecule has 0 aliphatic carbocycles. The number of rotatable bonds is 6. The van der Waals surface area contributed by atoms with Crippen molar-refractivity contribution in [3.05, 3.63) is 22.6 Å². The van der Waals surface area contributed by atoms with Crippen LogP contribution in [0.4, 0.5) is 0 Å². The van der Waals surface area contributed by atoms with Crippen LogP contribution in [0.3, 0.4) is 0 Å². The van der Waals surface area contributed by atoms with Crippen molar-refractivity contribution in [1.82, 2.24) is 5.32 Å². The summed E-state index contributed by atoms with van der Waals surface area (Å²) < 4.78 is 10.9. The van der Waals surface area contributed by atoms with Gasteiger partial charge >= 0.3 is 0 Å². The van der Waals surface area contributed by atoms with Gasteiger partial charge in [0.05, 0.1) is 25.8 Å². The molecule has 0 amide bonds. The van der Waals surface area contributed by atoms with E-state index in [1.807, 2.05) is 12.1 Å². The Morgan fingerprint density at radius 1 is 1.64 bits per heavy atom. The maximum absolute atomic E-state index is 8.96. The van der Waals surface area contributed by atoms with E-state index >= 15 is 0 Å². The van der Waals surface area contributed by atoms with Gasteiger partial charge in [-0.3, -0.25) is 0 Å². The van der Waals surface area contributed by atoms with Crippen molar-refractivity contribution in [2.24, 2.45) is 0 Å². The molecule has 1 heterocycles. The molecular weight excluding hydrogens is 250 g/mol. The molecule has 5 heteroatoms. The SMILES string of the molecule is COCC(CO)NCc1ccc(Br)o1. The smallest absolute Gasteiger partial charge is 0.169 e. The van der Waals surface area contributed by atoms with Gasteiger partial charge in [-0.05, 0) is 28.1 Å². The summed E-state index contributed by atoms with van der Waals surface area (Å²) >= 11 is 3.22. The minimum atomic E-state index is -0.0520. The molecule has 0 bridgehead atoms. The lowest BCUT2D eigenvalue weighted by Gasteiger charge is -2.13. The van der Waals surface area contributed by atoms with Crippen LogP contribution in [0.25, 0.3) is 0 Å². The van der Waals surface area contributed by atoms with Crippen LogP contribution in [0.2, 0.25) is 0 Å². The molecule has 0 aliphatic heterocycles. The van der Waals surface area contributed by atoms with E-state index in [-0.39, 0.29) is 12.6 Å². The van der Waals surface area contributed by atoms with Gasteiger partial charge in [0, 0.05) is 7.11 Å². The Morgan fingerprint density at radius 3 is 2.93 bits per heavy atom. The second-order valence-electron chi connectivity index (χ2n) is 2.92. The second-order valence-corrected chi connectivity index (χ2v) is 3.70. The van der Waals surface area contributed by atoms with Crippen LogP contribution in [-0.4, -0.2) is 31.5 Å². The number of aliphatic hydroxyl groups excluding tert-OH is 1. The lowest BCUT2D eigenvalue weighted by molar-refractivity contribution is 0.127. The van der Waals surface area contributed by atoms with Crippen LogP contribution in [0.1, 0.15) is 5.76 Å². The van der Waals surface area contributed by atoms with Gasteiger partial charge in [0.15, 0.2) is 4.67 Å². The molecule has 0 fully saturated rings. The maximum atomic E-state index is 8.96. The van der Waals surface area contributed by atoms with E-state index in [2.05, 4.69) is 21.2 Å². The van der Waals surface area contributed by atoms with E-state index in [1.54, 1.807) is 7.11 Å². The number of hydrogen-bond acceptors (Lipinski definition) is 4. The maximum Gasteiger partial charge on any atom is 0.169 e. The second kappa shape index (κ2) is 6.19. The fraction of sp³-hybridized carbons (Fsp3) is 0.556. The van der Waals surface area contributed by atoms with Gasteiger partial charge in [0.2, 0.25) is 0 Å². The summed E-state index contributed by atoms with van der Waals surface area (Å²) in [6.07, 6.45) is 0. The Balaban J connectivity index is 2.31. The summed E-state index contributed by atoms with van der Waals surface area (Å²) in [5, 5.41) is 12.1. The van der Waals surface area contributed by atoms with E-state index in [0.29, 0.717) is 17.8 Å². The molecule has 0 spiro atoms. The molecule has 0 aliphatic rings. The molecule has 4 nitrogen and oxygen atoms in total. The Bertz CT molecular complexity index is 264. The molecule has 0 saturated carbocycles. The first kappa shape index (κ1) is 11.7. The zero-order valence-corrected chi connectivity index (χ0v) is 9.58. The van der Waals surface area contributed by atoms with Crippen molar-refractivity contribution < 1.29 is 14.3 Å². The molecule has 0 radical (unpaired) electrons. The lowest BCUT2D eigenvalue weighted by Crippen LogP contribution is -2.35. The Labute approximate surface area is 91.4 Å². The number of furan rings is 1. The Hall–Kier alpha value is -0.360. The predicted molar refractivity (Wildman–Crippen MR) is 56.0 cm³/mol. The summed E-state index contributed by atoms with van der Waals surface area (Å²) in [7, 11) is 1.60. The summed E-state index contributed by atoms with van der Waals surface area (Å²) in [5.74, 6) is 0.825. The highest BCUT2D eigenvalue weighted by Gasteiger charge is 2.07. The van der Waals surface area contributed by atoms with E-state index in [0.717, 1.165) is 5.76 Å². The zero-order chi connectivity index (χ0) is 10.4. The average Bonchev–Trinajstić information content (AvgIpc) is 2.59. The third-order valence-electron chi connectivity index (χ3n) is 1.78. The normalized spacial score (nSPS) is 13.1. The number of nitrogens with one attached hydrogen (secondary N) is 1. The van der Waals surface area contributed by atoms with Crippen molar-refractivity contribution in [3.8, 4) is 0 Å². The minimum absolute atomic E-state index is 0.0513. The number of aliphatic hydroxyl groups is 1. The Kier molecular flexibility index (Phi) is 5.17. The molecule has 14 heavy (non-hydrogen) atoms. The van der Waals surface area contributed by atoms with E-state index < -0.39 is 0 Å². The fourth-order valence-corrected chi connectivity index (χ4v) is 1.41. The third-order valence-corrected chi connectivity index (χ3v) is 2.21. The highest BCUT2D eigenvalue weighted by atomic mass is 79.9. The molecule has 80 valence electrons. The van der Waals surface area contributed by atoms with Crippen molar-refractivity contribution >= 4 is 15.9 Å². The Morgan fingerprint density at radius 2 is 2.43 bits per heavy atom. The van der Waals surface area contributed by atoms with Crippen LogP contribution in [-0.2, 0) is 11.3 Å². The van der Waals surface area contributed by atoms with Crippen LogP contribution >= 0.6 is 15.9 Å². The van der Waals surface area contributed by atoms with E-state index in [1.165, 1.54) is 0 Å². The van der Waals surface area contributed by atoms with Crippen LogP contribution in [0.5, 0.6) is 0 Å². The quantitative estimate of drug-likeness (QED) is 0.809. The first-order chi connectivity index (χ1) is 6.76. The lowest BCUT2D eigenvalue weighted by atomic mass is 10.3. The highest BCUT2D eigenvalue weighted by molar-refractivity contribution is 9.10. The number of ether oxygens (including phenoxy) is 1. The van der Waals surface area contributed by atoms with Gasteiger partial charge in [0.25, 0.3) is 0 Å². The molecule has 2 N–H and O–H groups in total. The van der Waals surface area contributed by atoms with Crippen molar-refractivity contribution in [2.45, 2.75) is 12.6 Å². The van der Waals surface area contributed by atoms with Crippen molar-refractivity contribution in [3.63, 3.8) is 0 Å². The van der Waals surface area contributed by atoms with Gasteiger partial charge < -0.3 is 19.6 Å². The van der Waals surface area contributed by atoms with Gasteiger partial charge in [-0.2, -0.15) is 0 Å². The van der Waals surface area contributed by atoms with Crippen LogP contribution < -0.4 is 5.32 Å². The molecule has 0 saturated heterocycles. The summed E-state index contributed by atoms with van der Waals surface area (Å²) in [4.78, 5) is 0. The third kappa shape index (κ3) is 3.79. The summed E-state index contributed by atoms with van der Waals surface area (Å²) in [6.45, 7) is 1.12. The minimum Gasteiger partial charge on any atom is -0.453 e. The number of halogens is 1. The first-order valence-electron chi connectivity index (χ1n) is 4.33. The molecule has 1 rings (SSSR count). The number of hydrogen-bond donors (Lipinski definition) is 2. The van der Waals surface area contributed by atoms with Gasteiger partial charge in [-0.25, -0.2) is 0 Å². The molecule has 0 aromatic carbocycles. The van der Waals surface area contributed by atoms with Crippen molar-refractivity contribution in [1.29, 1.82) is 0 Å². The van der Waals surface area contributed by atoms with Gasteiger partial charge in [-0.15, -0.1) is 0 Å². The summed E-state index contributed by atoms with van der Waals surface area (Å²) in [5.41, 5.74) is 0. The molecule has 1 unspecified atom stereocenters. The fourth-order valence-electron chi connectivity index (χ4n) is 1.07. The first-order valence-corrected chi connectivity index (χ1v) is 5.13. The largest absolute Gasteiger partial charge is 0.453 e. The topological polar surface area (TPSA) is 54.6 Å². The van der Waals surface area contributed by atoms with Gasteiger partial charge in [-0.1, -0.05) is 0 Å². The van der Waals surface area contributed by atoms with E-state index in [9.17, 15) is 0 Å². The van der Waals surface area contributed by atoms with Crippen LogP contribution in [0.15, 0.2) is 21.2 Å². The number of methoxy groups -OCH3 is 1. The van der Waals surface area contributed by atoms with E-state index in [4.69, 9.17) is 14.3 Å². The monoisotopic (exact) mass is 263 g/mol. The molecular formula is C9H14BrNO3. The van der Waals surface area contributed by atoms with Crippen LogP contribution in [0, 0.1) is 0 Å². The molecule has 1 aromatic rings. The predicted octanol–water partition coefficient (Wildman–Crippen LogP) is 1.14. The molecule has 1 aromatic heterocycles. The summed E-state index contributed by atoms with van der Waals surface area (Å²) in [6, 6.07) is 3.66. The van der Waals surface area contributed by atoms with Crippen molar-refractivity contribution in [2.75, 3.05) is 20.3 Å². The highest BCUT2D eigenvalue weighted by Crippen LogP contribution is 2.13. The molecule has 1 atom stereocenters. The average molecular weight is 264 g/mol. The standard InChI is InChI=1S/C9H14BrNO3/c1-13-6-7(5-12)11-4-8-2-3-9(10)14-8/h2-3,7,11-12H,4-6H2,1H3. The zero-order valence-electron chi connectivity index (χ0n) is 8.00.